The van der Waals surface area contributed by atoms with Crippen LogP contribution in [0.1, 0.15) is 28.8 Å². The average Bonchev–Trinajstić information content (AvgIpc) is 2.74. The molecule has 0 aliphatic carbocycles. The van der Waals surface area contributed by atoms with Crippen molar-refractivity contribution in [2.75, 3.05) is 26.1 Å². The summed E-state index contributed by atoms with van der Waals surface area (Å²) in [5, 5.41) is 0.976. The summed E-state index contributed by atoms with van der Waals surface area (Å²) in [4.78, 5) is 14.2. The van der Waals surface area contributed by atoms with Gasteiger partial charge in [0.25, 0.3) is 5.91 Å². The number of carbonyl (C=O) groups is 1. The van der Waals surface area contributed by atoms with E-state index in [1.54, 1.807) is 20.3 Å². The number of benzene rings is 1. The van der Waals surface area contributed by atoms with Gasteiger partial charge in [-0.1, -0.05) is 15.9 Å². The van der Waals surface area contributed by atoms with Gasteiger partial charge < -0.3 is 14.4 Å². The Morgan fingerprint density at radius 1 is 1.21 bits per heavy atom. The highest BCUT2D eigenvalue weighted by molar-refractivity contribution is 9.09. The topological polar surface area (TPSA) is 38.8 Å². The molecule has 1 heterocycles. The lowest BCUT2D eigenvalue weighted by Crippen LogP contribution is -2.24. The number of nitrogens with zero attached hydrogens (tertiary/aromatic N) is 1. The third-order valence-electron chi connectivity index (χ3n) is 3.30. The molecular formula is C14H18BrNO3. The minimum Gasteiger partial charge on any atom is -0.493 e. The van der Waals surface area contributed by atoms with Crippen molar-refractivity contribution in [3.05, 3.63) is 23.3 Å². The first kappa shape index (κ1) is 14.2. The molecule has 0 saturated carbocycles. The molecule has 1 aromatic rings. The zero-order chi connectivity index (χ0) is 13.8. The van der Waals surface area contributed by atoms with Crippen molar-refractivity contribution in [2.45, 2.75) is 19.4 Å². The molecule has 0 atom stereocenters. The number of alkyl halides is 1. The van der Waals surface area contributed by atoms with Crippen LogP contribution in [-0.2, 0) is 6.54 Å². The van der Waals surface area contributed by atoms with Crippen LogP contribution in [0.25, 0.3) is 0 Å². The van der Waals surface area contributed by atoms with Crippen molar-refractivity contribution in [1.29, 1.82) is 0 Å². The van der Waals surface area contributed by atoms with Crippen LogP contribution in [0.15, 0.2) is 12.1 Å². The number of methoxy groups -OCH3 is 2. The predicted octanol–water partition coefficient (Wildman–Crippen LogP) is 2.83. The van der Waals surface area contributed by atoms with Crippen LogP contribution in [0.3, 0.4) is 0 Å². The number of hydrogen-bond donors (Lipinski definition) is 0. The Balaban J connectivity index is 2.18. The molecule has 5 heteroatoms. The standard InChI is InChI=1S/C14H18BrNO3/c1-18-12-7-10-9-16(6-4-3-5-15)14(17)11(10)8-13(12)19-2/h7-8H,3-6,9H2,1-2H3. The second-order valence-corrected chi connectivity index (χ2v) is 5.28. The van der Waals surface area contributed by atoms with Gasteiger partial charge in [0.2, 0.25) is 0 Å². The van der Waals surface area contributed by atoms with Gasteiger partial charge in [0.15, 0.2) is 11.5 Å². The summed E-state index contributed by atoms with van der Waals surface area (Å²) < 4.78 is 10.5. The molecule has 19 heavy (non-hydrogen) atoms. The van der Waals surface area contributed by atoms with E-state index in [0.717, 1.165) is 35.8 Å². The second kappa shape index (κ2) is 6.28. The number of rotatable bonds is 6. The number of unbranched alkanes of at least 4 members (excludes halogenated alkanes) is 1. The highest BCUT2D eigenvalue weighted by Crippen LogP contribution is 2.34. The third kappa shape index (κ3) is 2.86. The summed E-state index contributed by atoms with van der Waals surface area (Å²) >= 11 is 3.40. The molecule has 0 saturated heterocycles. The van der Waals surface area contributed by atoms with E-state index in [1.807, 2.05) is 11.0 Å². The van der Waals surface area contributed by atoms with E-state index in [0.29, 0.717) is 18.0 Å². The molecule has 0 aromatic heterocycles. The summed E-state index contributed by atoms with van der Waals surface area (Å²) in [5.74, 6) is 1.37. The largest absolute Gasteiger partial charge is 0.493 e. The first-order chi connectivity index (χ1) is 9.21. The van der Waals surface area contributed by atoms with Gasteiger partial charge in [-0.05, 0) is 30.5 Å². The first-order valence-electron chi connectivity index (χ1n) is 6.31. The summed E-state index contributed by atoms with van der Waals surface area (Å²) in [6, 6.07) is 3.68. The van der Waals surface area contributed by atoms with Crippen LogP contribution in [0.5, 0.6) is 11.5 Å². The summed E-state index contributed by atoms with van der Waals surface area (Å²) in [6.07, 6.45) is 2.09. The highest BCUT2D eigenvalue weighted by atomic mass is 79.9. The molecule has 104 valence electrons. The Morgan fingerprint density at radius 2 is 1.89 bits per heavy atom. The van der Waals surface area contributed by atoms with E-state index in [4.69, 9.17) is 9.47 Å². The lowest BCUT2D eigenvalue weighted by molar-refractivity contribution is 0.0776. The van der Waals surface area contributed by atoms with Gasteiger partial charge in [0, 0.05) is 24.0 Å². The van der Waals surface area contributed by atoms with Crippen LogP contribution in [-0.4, -0.2) is 36.9 Å². The van der Waals surface area contributed by atoms with E-state index in [2.05, 4.69) is 15.9 Å². The maximum Gasteiger partial charge on any atom is 0.254 e. The normalized spacial score (nSPS) is 13.6. The SMILES string of the molecule is COc1cc2c(cc1OC)C(=O)N(CCCCBr)C2. The van der Waals surface area contributed by atoms with E-state index in [-0.39, 0.29) is 5.91 Å². The van der Waals surface area contributed by atoms with E-state index in [1.165, 1.54) is 0 Å². The fraction of sp³-hybridized carbons (Fsp3) is 0.500. The van der Waals surface area contributed by atoms with E-state index < -0.39 is 0 Å². The summed E-state index contributed by atoms with van der Waals surface area (Å²) in [7, 11) is 3.19. The van der Waals surface area contributed by atoms with Crippen molar-refractivity contribution in [2.24, 2.45) is 0 Å². The molecule has 1 aliphatic rings. The lowest BCUT2D eigenvalue weighted by Gasteiger charge is -2.14. The monoisotopic (exact) mass is 327 g/mol. The highest BCUT2D eigenvalue weighted by Gasteiger charge is 2.28. The predicted molar refractivity (Wildman–Crippen MR) is 77.3 cm³/mol. The van der Waals surface area contributed by atoms with Crippen molar-refractivity contribution in [1.82, 2.24) is 4.90 Å². The Kier molecular flexibility index (Phi) is 4.69. The van der Waals surface area contributed by atoms with Gasteiger partial charge in [0.1, 0.15) is 0 Å². The molecule has 1 amide bonds. The van der Waals surface area contributed by atoms with Crippen LogP contribution >= 0.6 is 15.9 Å². The molecule has 0 bridgehead atoms. The molecule has 0 fully saturated rings. The first-order valence-corrected chi connectivity index (χ1v) is 7.43. The fourth-order valence-electron chi connectivity index (χ4n) is 2.28. The molecule has 0 N–H and O–H groups in total. The fourth-order valence-corrected chi connectivity index (χ4v) is 2.67. The molecule has 0 spiro atoms. The van der Waals surface area contributed by atoms with E-state index in [9.17, 15) is 4.79 Å². The van der Waals surface area contributed by atoms with Crippen LogP contribution in [0.4, 0.5) is 0 Å². The van der Waals surface area contributed by atoms with Crippen LogP contribution < -0.4 is 9.47 Å². The summed E-state index contributed by atoms with van der Waals surface area (Å²) in [5.41, 5.74) is 1.75. The zero-order valence-corrected chi connectivity index (χ0v) is 12.8. The Labute approximate surface area is 121 Å². The molecular weight excluding hydrogens is 310 g/mol. The molecule has 2 rings (SSSR count). The average molecular weight is 328 g/mol. The van der Waals surface area contributed by atoms with Crippen molar-refractivity contribution in [3.63, 3.8) is 0 Å². The van der Waals surface area contributed by atoms with Crippen LogP contribution in [0.2, 0.25) is 0 Å². The maximum absolute atomic E-state index is 12.3. The number of ether oxygens (including phenoxy) is 2. The van der Waals surface area contributed by atoms with Gasteiger partial charge in [-0.3, -0.25) is 4.79 Å². The van der Waals surface area contributed by atoms with E-state index >= 15 is 0 Å². The van der Waals surface area contributed by atoms with Gasteiger partial charge in [-0.2, -0.15) is 0 Å². The minimum atomic E-state index is 0.0884. The van der Waals surface area contributed by atoms with Gasteiger partial charge in [-0.15, -0.1) is 0 Å². The molecule has 0 radical (unpaired) electrons. The Bertz CT molecular complexity index is 476. The van der Waals surface area contributed by atoms with Crippen LogP contribution in [0, 0.1) is 0 Å². The van der Waals surface area contributed by atoms with Crippen molar-refractivity contribution < 1.29 is 14.3 Å². The number of hydrogen-bond acceptors (Lipinski definition) is 3. The molecule has 0 unspecified atom stereocenters. The third-order valence-corrected chi connectivity index (χ3v) is 3.86. The molecule has 1 aromatic carbocycles. The van der Waals surface area contributed by atoms with Gasteiger partial charge in [0.05, 0.1) is 14.2 Å². The lowest BCUT2D eigenvalue weighted by atomic mass is 10.1. The Morgan fingerprint density at radius 3 is 2.53 bits per heavy atom. The Hall–Kier alpha value is -1.23. The molecule has 4 nitrogen and oxygen atoms in total. The maximum atomic E-state index is 12.3. The number of fused-ring (bicyclic) bond motifs is 1. The number of amides is 1. The van der Waals surface area contributed by atoms with Gasteiger partial charge >= 0.3 is 0 Å². The molecule has 1 aliphatic heterocycles. The second-order valence-electron chi connectivity index (χ2n) is 4.49. The van der Waals surface area contributed by atoms with Gasteiger partial charge in [-0.25, -0.2) is 0 Å². The quantitative estimate of drug-likeness (QED) is 0.595. The van der Waals surface area contributed by atoms with Crippen molar-refractivity contribution in [3.8, 4) is 11.5 Å². The van der Waals surface area contributed by atoms with Crippen molar-refractivity contribution >= 4 is 21.8 Å². The number of halogens is 1. The minimum absolute atomic E-state index is 0.0884. The number of carbonyl (C=O) groups excluding carboxylic acids is 1. The summed E-state index contributed by atoms with van der Waals surface area (Å²) in [6.45, 7) is 1.46. The smallest absolute Gasteiger partial charge is 0.254 e. The zero-order valence-electron chi connectivity index (χ0n) is 11.2.